The molecule has 1 heterocycles. The number of imidazole rings is 1. The third-order valence-electron chi connectivity index (χ3n) is 2.31. The number of rotatable bonds is 5. The lowest BCUT2D eigenvalue weighted by atomic mass is 10.1. The lowest BCUT2D eigenvalue weighted by Gasteiger charge is -2.08. The molecule has 0 amide bonds. The van der Waals surface area contributed by atoms with Crippen molar-refractivity contribution in [1.82, 2.24) is 9.97 Å². The number of para-hydroxylation sites is 1. The molecule has 88 valence electrons. The van der Waals surface area contributed by atoms with Gasteiger partial charge in [-0.1, -0.05) is 19.1 Å². The first-order valence-corrected chi connectivity index (χ1v) is 5.59. The monoisotopic (exact) mass is 230 g/mol. The summed E-state index contributed by atoms with van der Waals surface area (Å²) >= 11 is 0. The molecule has 0 aliphatic rings. The molecule has 1 aromatic heterocycles. The lowest BCUT2D eigenvalue weighted by Crippen LogP contribution is -2.07. The molecule has 0 bridgehead atoms. The number of nitrogens with zero attached hydrogens (tertiary/aromatic N) is 1. The SMILES string of the molecule is CCCOc1ccccc1C(=O)c1ncc[nH]1. The number of ketones is 1. The molecule has 0 aliphatic carbocycles. The predicted molar refractivity (Wildman–Crippen MR) is 64.2 cm³/mol. The van der Waals surface area contributed by atoms with Crippen molar-refractivity contribution in [1.29, 1.82) is 0 Å². The molecule has 4 heteroatoms. The second-order valence-corrected chi connectivity index (χ2v) is 3.61. The van der Waals surface area contributed by atoms with Gasteiger partial charge in [0.15, 0.2) is 5.82 Å². The molecule has 0 atom stereocenters. The standard InChI is InChI=1S/C13H14N2O2/c1-2-9-17-11-6-4-3-5-10(11)12(16)13-14-7-8-15-13/h3-8H,2,9H2,1H3,(H,14,15). The number of hydrogen-bond acceptors (Lipinski definition) is 3. The van der Waals surface area contributed by atoms with Gasteiger partial charge in [-0.25, -0.2) is 4.98 Å². The highest BCUT2D eigenvalue weighted by atomic mass is 16.5. The Morgan fingerprint density at radius 3 is 2.94 bits per heavy atom. The maximum Gasteiger partial charge on any atom is 0.231 e. The van der Waals surface area contributed by atoms with Crippen molar-refractivity contribution >= 4 is 5.78 Å². The largest absolute Gasteiger partial charge is 0.493 e. The number of hydrogen-bond donors (Lipinski definition) is 1. The molecular weight excluding hydrogens is 216 g/mol. The Bertz CT molecular complexity index is 492. The Morgan fingerprint density at radius 1 is 1.41 bits per heavy atom. The van der Waals surface area contributed by atoms with Crippen LogP contribution in [0.2, 0.25) is 0 Å². The summed E-state index contributed by atoms with van der Waals surface area (Å²) in [5, 5.41) is 0. The molecular formula is C13H14N2O2. The summed E-state index contributed by atoms with van der Waals surface area (Å²) in [6.07, 6.45) is 4.09. The number of aromatic amines is 1. The van der Waals surface area contributed by atoms with E-state index < -0.39 is 0 Å². The van der Waals surface area contributed by atoms with Crippen LogP contribution in [0.1, 0.15) is 29.5 Å². The van der Waals surface area contributed by atoms with Crippen molar-refractivity contribution in [2.24, 2.45) is 0 Å². The van der Waals surface area contributed by atoms with E-state index in [-0.39, 0.29) is 5.78 Å². The minimum atomic E-state index is -0.151. The van der Waals surface area contributed by atoms with Crippen molar-refractivity contribution in [3.8, 4) is 5.75 Å². The first kappa shape index (κ1) is 11.4. The third-order valence-corrected chi connectivity index (χ3v) is 2.31. The molecule has 0 radical (unpaired) electrons. The van der Waals surface area contributed by atoms with Crippen LogP contribution in [0.3, 0.4) is 0 Å². The average molecular weight is 230 g/mol. The van der Waals surface area contributed by atoms with Gasteiger partial charge in [0.25, 0.3) is 0 Å². The first-order chi connectivity index (χ1) is 8.33. The molecule has 4 nitrogen and oxygen atoms in total. The number of carbonyl (C=O) groups excluding carboxylic acids is 1. The molecule has 0 spiro atoms. The number of carbonyl (C=O) groups is 1. The average Bonchev–Trinajstić information content (AvgIpc) is 2.89. The minimum Gasteiger partial charge on any atom is -0.493 e. The van der Waals surface area contributed by atoms with E-state index in [1.165, 1.54) is 0 Å². The number of ether oxygens (including phenoxy) is 1. The summed E-state index contributed by atoms with van der Waals surface area (Å²) in [5.74, 6) is 0.787. The van der Waals surface area contributed by atoms with Crippen molar-refractivity contribution in [3.05, 3.63) is 48.0 Å². The summed E-state index contributed by atoms with van der Waals surface area (Å²) in [7, 11) is 0. The Morgan fingerprint density at radius 2 is 2.24 bits per heavy atom. The fraction of sp³-hybridized carbons (Fsp3) is 0.231. The van der Waals surface area contributed by atoms with Crippen LogP contribution in [-0.2, 0) is 0 Å². The fourth-order valence-corrected chi connectivity index (χ4v) is 1.51. The van der Waals surface area contributed by atoms with Gasteiger partial charge in [0.1, 0.15) is 5.75 Å². The summed E-state index contributed by atoms with van der Waals surface area (Å²) in [4.78, 5) is 18.9. The van der Waals surface area contributed by atoms with Crippen molar-refractivity contribution < 1.29 is 9.53 Å². The van der Waals surface area contributed by atoms with Gasteiger partial charge in [-0.05, 0) is 18.6 Å². The smallest absolute Gasteiger partial charge is 0.231 e. The Hall–Kier alpha value is -2.10. The van der Waals surface area contributed by atoms with E-state index in [2.05, 4.69) is 9.97 Å². The maximum absolute atomic E-state index is 12.1. The highest BCUT2D eigenvalue weighted by Crippen LogP contribution is 2.20. The van der Waals surface area contributed by atoms with E-state index in [1.54, 1.807) is 24.5 Å². The molecule has 2 rings (SSSR count). The molecule has 0 unspecified atom stereocenters. The van der Waals surface area contributed by atoms with Gasteiger partial charge in [-0.3, -0.25) is 4.79 Å². The molecule has 0 saturated heterocycles. The molecule has 0 saturated carbocycles. The van der Waals surface area contributed by atoms with Gasteiger partial charge in [0, 0.05) is 12.4 Å². The Kier molecular flexibility index (Phi) is 3.55. The van der Waals surface area contributed by atoms with E-state index in [4.69, 9.17) is 4.74 Å². The van der Waals surface area contributed by atoms with Gasteiger partial charge in [0.2, 0.25) is 5.78 Å². The van der Waals surface area contributed by atoms with Crippen LogP contribution < -0.4 is 4.74 Å². The highest BCUT2D eigenvalue weighted by molar-refractivity contribution is 6.08. The van der Waals surface area contributed by atoms with E-state index in [9.17, 15) is 4.79 Å². The molecule has 0 fully saturated rings. The maximum atomic E-state index is 12.1. The van der Waals surface area contributed by atoms with E-state index in [0.717, 1.165) is 6.42 Å². The van der Waals surface area contributed by atoms with Crippen molar-refractivity contribution in [2.75, 3.05) is 6.61 Å². The summed E-state index contributed by atoms with van der Waals surface area (Å²) < 4.78 is 5.54. The van der Waals surface area contributed by atoms with Crippen molar-refractivity contribution in [3.63, 3.8) is 0 Å². The zero-order valence-electron chi connectivity index (χ0n) is 9.64. The van der Waals surface area contributed by atoms with Crippen LogP contribution in [0.5, 0.6) is 5.75 Å². The topological polar surface area (TPSA) is 55.0 Å². The number of H-pyrrole nitrogens is 1. The van der Waals surface area contributed by atoms with Crippen LogP contribution in [-0.4, -0.2) is 22.4 Å². The first-order valence-electron chi connectivity index (χ1n) is 5.59. The van der Waals surface area contributed by atoms with Gasteiger partial charge < -0.3 is 9.72 Å². The van der Waals surface area contributed by atoms with Gasteiger partial charge in [0.05, 0.1) is 12.2 Å². The molecule has 0 aliphatic heterocycles. The zero-order valence-corrected chi connectivity index (χ0v) is 9.64. The van der Waals surface area contributed by atoms with Crippen molar-refractivity contribution in [2.45, 2.75) is 13.3 Å². The van der Waals surface area contributed by atoms with Crippen LogP contribution in [0.4, 0.5) is 0 Å². The lowest BCUT2D eigenvalue weighted by molar-refractivity contribution is 0.102. The van der Waals surface area contributed by atoms with Crippen LogP contribution in [0, 0.1) is 0 Å². The van der Waals surface area contributed by atoms with E-state index in [0.29, 0.717) is 23.7 Å². The number of aromatic nitrogens is 2. The minimum absolute atomic E-state index is 0.151. The van der Waals surface area contributed by atoms with E-state index >= 15 is 0 Å². The summed E-state index contributed by atoms with van der Waals surface area (Å²) in [6, 6.07) is 7.21. The molecule has 17 heavy (non-hydrogen) atoms. The zero-order chi connectivity index (χ0) is 12.1. The van der Waals surface area contributed by atoms with Crippen LogP contribution >= 0.6 is 0 Å². The number of benzene rings is 1. The van der Waals surface area contributed by atoms with Gasteiger partial charge in [-0.2, -0.15) is 0 Å². The van der Waals surface area contributed by atoms with Gasteiger partial charge in [-0.15, -0.1) is 0 Å². The Labute approximate surface area is 99.7 Å². The quantitative estimate of drug-likeness (QED) is 0.802. The second-order valence-electron chi connectivity index (χ2n) is 3.61. The normalized spacial score (nSPS) is 10.2. The van der Waals surface area contributed by atoms with Gasteiger partial charge >= 0.3 is 0 Å². The Balaban J connectivity index is 2.28. The fourth-order valence-electron chi connectivity index (χ4n) is 1.51. The molecule has 1 aromatic carbocycles. The highest BCUT2D eigenvalue weighted by Gasteiger charge is 2.15. The summed E-state index contributed by atoms with van der Waals surface area (Å²) in [6.45, 7) is 2.62. The van der Waals surface area contributed by atoms with E-state index in [1.807, 2.05) is 19.1 Å². The number of nitrogens with one attached hydrogen (secondary N) is 1. The van der Waals surface area contributed by atoms with Crippen LogP contribution in [0.25, 0.3) is 0 Å². The second kappa shape index (κ2) is 5.30. The summed E-state index contributed by atoms with van der Waals surface area (Å²) in [5.41, 5.74) is 0.538. The third kappa shape index (κ3) is 2.53. The molecule has 2 aromatic rings. The van der Waals surface area contributed by atoms with Crippen LogP contribution in [0.15, 0.2) is 36.7 Å². The molecule has 1 N–H and O–H groups in total. The predicted octanol–water partition coefficient (Wildman–Crippen LogP) is 2.43.